The molecule has 0 saturated heterocycles. The highest BCUT2D eigenvalue weighted by Gasteiger charge is 2.15. The van der Waals surface area contributed by atoms with Crippen LogP contribution in [0.5, 0.6) is 0 Å². The number of hydrogen-bond acceptors (Lipinski definition) is 1. The zero-order chi connectivity index (χ0) is 28.9. The van der Waals surface area contributed by atoms with Gasteiger partial charge in [0.1, 0.15) is 0 Å². The van der Waals surface area contributed by atoms with E-state index in [1.54, 1.807) is 0 Å². The van der Waals surface area contributed by atoms with Crippen molar-refractivity contribution in [3.8, 4) is 0 Å². The Bertz CT molecular complexity index is 432. The van der Waals surface area contributed by atoms with Crippen LogP contribution in [0.4, 0.5) is 0 Å². The molecule has 0 aromatic heterocycles. The maximum absolute atomic E-state index is 3.73. The summed E-state index contributed by atoms with van der Waals surface area (Å²) in [6, 6.07) is 0. The molecule has 0 saturated carbocycles. The van der Waals surface area contributed by atoms with Crippen LogP contribution < -0.4 is 5.32 Å². The molecule has 0 bridgehead atoms. The molecule has 0 radical (unpaired) electrons. The van der Waals surface area contributed by atoms with E-state index in [-0.39, 0.29) is 0 Å². The van der Waals surface area contributed by atoms with Crippen molar-refractivity contribution in [2.24, 2.45) is 0 Å². The lowest BCUT2D eigenvalue weighted by atomic mass is 10.1. The Morgan fingerprint density at radius 1 is 0.308 bits per heavy atom. The Balaban J connectivity index is 3.49. The van der Waals surface area contributed by atoms with Crippen LogP contribution in [0.25, 0.3) is 0 Å². The van der Waals surface area contributed by atoms with Gasteiger partial charge in [0.15, 0.2) is 0 Å². The molecule has 0 heterocycles. The SMILES string of the molecule is CCCCCCCCCCCCC[N+](C)(C)CCCNCCC[N+](C)(C)CCCCCCCCCCCCC. The fraction of sp³-hybridized carbons (Fsp3) is 1.00. The van der Waals surface area contributed by atoms with Crippen molar-refractivity contribution in [3.05, 3.63) is 0 Å². The summed E-state index contributed by atoms with van der Waals surface area (Å²) >= 11 is 0. The molecule has 39 heavy (non-hydrogen) atoms. The molecule has 0 aromatic rings. The standard InChI is InChI=1S/C36H79N3/c1-7-9-11-13-15-17-19-21-23-25-27-33-38(3,4)35-29-31-37-32-30-36-39(5,6)34-28-26-24-22-20-18-16-14-12-10-8-2/h37H,7-36H2,1-6H3/q+2. The first-order chi connectivity index (χ1) is 18.8. The lowest BCUT2D eigenvalue weighted by Crippen LogP contribution is -2.43. The van der Waals surface area contributed by atoms with Gasteiger partial charge < -0.3 is 14.3 Å². The van der Waals surface area contributed by atoms with Gasteiger partial charge in [-0.25, -0.2) is 0 Å². The molecule has 0 aliphatic heterocycles. The van der Waals surface area contributed by atoms with E-state index < -0.39 is 0 Å². The maximum Gasteiger partial charge on any atom is 0.0794 e. The maximum atomic E-state index is 3.73. The van der Waals surface area contributed by atoms with Gasteiger partial charge in [-0.1, -0.05) is 129 Å². The van der Waals surface area contributed by atoms with Crippen molar-refractivity contribution in [1.82, 2.24) is 5.32 Å². The van der Waals surface area contributed by atoms with Crippen LogP contribution in [0.1, 0.15) is 168 Å². The van der Waals surface area contributed by atoms with Crippen LogP contribution >= 0.6 is 0 Å². The zero-order valence-electron chi connectivity index (χ0n) is 28.6. The minimum atomic E-state index is 1.19. The lowest BCUT2D eigenvalue weighted by molar-refractivity contribution is -0.890. The topological polar surface area (TPSA) is 12.0 Å². The third-order valence-electron chi connectivity index (χ3n) is 8.97. The molecule has 3 nitrogen and oxygen atoms in total. The van der Waals surface area contributed by atoms with E-state index in [9.17, 15) is 0 Å². The summed E-state index contributed by atoms with van der Waals surface area (Å²) in [7, 11) is 9.74. The average Bonchev–Trinajstić information content (AvgIpc) is 2.89. The summed E-state index contributed by atoms with van der Waals surface area (Å²) in [5, 5.41) is 3.73. The summed E-state index contributed by atoms with van der Waals surface area (Å²) in [4.78, 5) is 0. The van der Waals surface area contributed by atoms with Gasteiger partial charge in [0.2, 0.25) is 0 Å². The van der Waals surface area contributed by atoms with Crippen molar-refractivity contribution in [1.29, 1.82) is 0 Å². The predicted molar refractivity (Wildman–Crippen MR) is 179 cm³/mol. The highest BCUT2D eigenvalue weighted by atomic mass is 15.3. The quantitative estimate of drug-likeness (QED) is 0.0645. The Morgan fingerprint density at radius 3 is 0.821 bits per heavy atom. The summed E-state index contributed by atoms with van der Waals surface area (Å²) < 4.78 is 2.39. The molecule has 1 N–H and O–H groups in total. The van der Waals surface area contributed by atoms with Crippen LogP contribution in [0.3, 0.4) is 0 Å². The predicted octanol–water partition coefficient (Wildman–Crippen LogP) is 10.1. The molecule has 0 unspecified atom stereocenters. The lowest BCUT2D eigenvalue weighted by Gasteiger charge is -2.30. The third kappa shape index (κ3) is 30.7. The number of unbranched alkanes of at least 4 members (excludes halogenated alkanes) is 20. The summed E-state index contributed by atoms with van der Waals surface area (Å²) in [6.07, 6.45) is 34.3. The summed E-state index contributed by atoms with van der Waals surface area (Å²) in [5.74, 6) is 0. The summed E-state index contributed by atoms with van der Waals surface area (Å²) in [6.45, 7) is 12.3. The average molecular weight is 554 g/mol. The molecule has 0 atom stereocenters. The minimum Gasteiger partial charge on any atom is -0.328 e. The van der Waals surface area contributed by atoms with Gasteiger partial charge in [0.25, 0.3) is 0 Å². The molecule has 3 heteroatoms. The van der Waals surface area contributed by atoms with Crippen LogP contribution in [-0.2, 0) is 0 Å². The van der Waals surface area contributed by atoms with E-state index in [0.29, 0.717) is 0 Å². The molecule has 0 fully saturated rings. The Hall–Kier alpha value is -0.120. The van der Waals surface area contributed by atoms with Gasteiger partial charge in [-0.05, 0) is 25.7 Å². The third-order valence-corrected chi connectivity index (χ3v) is 8.97. The van der Waals surface area contributed by atoms with Gasteiger partial charge >= 0.3 is 0 Å². The normalized spacial score (nSPS) is 12.5. The highest BCUT2D eigenvalue weighted by molar-refractivity contribution is 4.52. The minimum absolute atomic E-state index is 1.19. The van der Waals surface area contributed by atoms with Gasteiger partial charge in [-0.3, -0.25) is 0 Å². The molecule has 0 aliphatic rings. The van der Waals surface area contributed by atoms with Gasteiger partial charge in [0.05, 0.1) is 54.4 Å². The van der Waals surface area contributed by atoms with E-state index in [0.717, 1.165) is 0 Å². The molecule has 0 aliphatic carbocycles. The van der Waals surface area contributed by atoms with Crippen LogP contribution in [0.2, 0.25) is 0 Å². The summed E-state index contributed by atoms with van der Waals surface area (Å²) in [5.41, 5.74) is 0. The Kier molecular flexibility index (Phi) is 27.9. The Morgan fingerprint density at radius 2 is 0.538 bits per heavy atom. The number of nitrogens with zero attached hydrogens (tertiary/aromatic N) is 2. The van der Waals surface area contributed by atoms with E-state index in [4.69, 9.17) is 0 Å². The fourth-order valence-electron chi connectivity index (χ4n) is 6.02. The number of quaternary nitrogens is 2. The number of rotatable bonds is 32. The number of nitrogens with one attached hydrogen (secondary N) is 1. The van der Waals surface area contributed by atoms with E-state index >= 15 is 0 Å². The van der Waals surface area contributed by atoms with Crippen molar-refractivity contribution in [2.45, 2.75) is 168 Å². The van der Waals surface area contributed by atoms with E-state index in [2.05, 4.69) is 47.4 Å². The first-order valence-corrected chi connectivity index (χ1v) is 18.2. The smallest absolute Gasteiger partial charge is 0.0794 e. The monoisotopic (exact) mass is 554 g/mol. The second-order valence-corrected chi connectivity index (χ2v) is 14.3. The van der Waals surface area contributed by atoms with Crippen LogP contribution in [0.15, 0.2) is 0 Å². The van der Waals surface area contributed by atoms with Crippen molar-refractivity contribution < 1.29 is 8.97 Å². The molecule has 0 amide bonds. The largest absolute Gasteiger partial charge is 0.328 e. The van der Waals surface area contributed by atoms with E-state index in [1.165, 1.54) is 202 Å². The molecule has 236 valence electrons. The molecular formula is C36H79N3+2. The first-order valence-electron chi connectivity index (χ1n) is 18.2. The second kappa shape index (κ2) is 28.0. The fourth-order valence-corrected chi connectivity index (χ4v) is 6.02. The molecular weight excluding hydrogens is 474 g/mol. The first kappa shape index (κ1) is 38.9. The van der Waals surface area contributed by atoms with Crippen molar-refractivity contribution in [2.75, 3.05) is 67.5 Å². The van der Waals surface area contributed by atoms with Gasteiger partial charge in [-0.15, -0.1) is 0 Å². The number of hydrogen-bond donors (Lipinski definition) is 1. The van der Waals surface area contributed by atoms with Crippen LogP contribution in [0, 0.1) is 0 Å². The molecule has 0 spiro atoms. The highest BCUT2D eigenvalue weighted by Crippen LogP contribution is 2.14. The Labute approximate surface area is 249 Å². The molecule has 0 rings (SSSR count). The van der Waals surface area contributed by atoms with Crippen molar-refractivity contribution >= 4 is 0 Å². The van der Waals surface area contributed by atoms with Crippen molar-refractivity contribution in [3.63, 3.8) is 0 Å². The van der Waals surface area contributed by atoms with E-state index in [1.807, 2.05) is 0 Å². The van der Waals surface area contributed by atoms with Crippen LogP contribution in [-0.4, -0.2) is 76.4 Å². The zero-order valence-corrected chi connectivity index (χ0v) is 28.6. The van der Waals surface area contributed by atoms with Gasteiger partial charge in [-0.2, -0.15) is 0 Å². The van der Waals surface area contributed by atoms with Gasteiger partial charge in [0, 0.05) is 25.9 Å². The molecule has 0 aromatic carbocycles. The second-order valence-electron chi connectivity index (χ2n) is 14.3.